The first-order chi connectivity index (χ1) is 8.45. The standard InChI is InChI=1S/C13H22FN3O/c1-9(7-17(3)10(2)8-18)13(15)12-5-4-11(14)6-16-12/h4-6,9-10,13,18H,7-8,15H2,1-3H3. The summed E-state index contributed by atoms with van der Waals surface area (Å²) in [6, 6.07) is 2.85. The highest BCUT2D eigenvalue weighted by atomic mass is 19.1. The van der Waals surface area contributed by atoms with Crippen molar-refractivity contribution in [1.29, 1.82) is 0 Å². The topological polar surface area (TPSA) is 62.4 Å². The van der Waals surface area contributed by atoms with Crippen LogP contribution >= 0.6 is 0 Å². The number of rotatable bonds is 6. The smallest absolute Gasteiger partial charge is 0.141 e. The molecule has 0 amide bonds. The van der Waals surface area contributed by atoms with E-state index in [1.807, 2.05) is 25.8 Å². The van der Waals surface area contributed by atoms with Crippen LogP contribution in [0.25, 0.3) is 0 Å². The Morgan fingerprint density at radius 2 is 2.11 bits per heavy atom. The first-order valence-corrected chi connectivity index (χ1v) is 6.13. The normalized spacial score (nSPS) is 16.6. The Bertz CT molecular complexity index is 358. The van der Waals surface area contributed by atoms with Gasteiger partial charge in [0.1, 0.15) is 5.82 Å². The van der Waals surface area contributed by atoms with Gasteiger partial charge in [-0.25, -0.2) is 4.39 Å². The number of nitrogens with zero attached hydrogens (tertiary/aromatic N) is 2. The van der Waals surface area contributed by atoms with E-state index in [0.29, 0.717) is 5.69 Å². The van der Waals surface area contributed by atoms with E-state index >= 15 is 0 Å². The summed E-state index contributed by atoms with van der Waals surface area (Å²) in [5.74, 6) is -0.188. The molecule has 0 aliphatic heterocycles. The molecule has 0 aromatic carbocycles. The Morgan fingerprint density at radius 1 is 1.44 bits per heavy atom. The van der Waals surface area contributed by atoms with Gasteiger partial charge in [-0.05, 0) is 32.0 Å². The molecule has 0 saturated heterocycles. The molecule has 1 aromatic rings. The van der Waals surface area contributed by atoms with Crippen LogP contribution in [0.1, 0.15) is 25.6 Å². The molecule has 0 aliphatic carbocycles. The maximum absolute atomic E-state index is 12.8. The monoisotopic (exact) mass is 255 g/mol. The van der Waals surface area contributed by atoms with Gasteiger partial charge in [0.15, 0.2) is 0 Å². The Balaban J connectivity index is 2.61. The van der Waals surface area contributed by atoms with E-state index in [4.69, 9.17) is 10.8 Å². The fraction of sp³-hybridized carbons (Fsp3) is 0.615. The van der Waals surface area contributed by atoms with E-state index in [1.165, 1.54) is 12.3 Å². The Hall–Kier alpha value is -1.04. The summed E-state index contributed by atoms with van der Waals surface area (Å²) in [4.78, 5) is 6.05. The molecule has 0 aliphatic rings. The molecule has 1 aromatic heterocycles. The van der Waals surface area contributed by atoms with E-state index in [-0.39, 0.29) is 30.4 Å². The van der Waals surface area contributed by atoms with Gasteiger partial charge < -0.3 is 15.7 Å². The molecule has 1 rings (SSSR count). The van der Waals surface area contributed by atoms with Gasteiger partial charge in [-0.2, -0.15) is 0 Å². The number of aliphatic hydroxyl groups is 1. The van der Waals surface area contributed by atoms with Crippen molar-refractivity contribution in [2.24, 2.45) is 11.7 Å². The Labute approximate surface area is 108 Å². The van der Waals surface area contributed by atoms with E-state index in [2.05, 4.69) is 4.98 Å². The van der Waals surface area contributed by atoms with Gasteiger partial charge in [-0.15, -0.1) is 0 Å². The molecular formula is C13H22FN3O. The van der Waals surface area contributed by atoms with Crippen molar-refractivity contribution in [3.63, 3.8) is 0 Å². The van der Waals surface area contributed by atoms with Gasteiger partial charge in [0, 0.05) is 12.6 Å². The summed E-state index contributed by atoms with van der Waals surface area (Å²) in [6.45, 7) is 4.85. The van der Waals surface area contributed by atoms with Crippen molar-refractivity contribution < 1.29 is 9.50 Å². The molecule has 3 unspecified atom stereocenters. The van der Waals surface area contributed by atoms with Gasteiger partial charge in [0.2, 0.25) is 0 Å². The average Bonchev–Trinajstić information content (AvgIpc) is 2.37. The summed E-state index contributed by atoms with van der Waals surface area (Å²) >= 11 is 0. The highest BCUT2D eigenvalue weighted by Crippen LogP contribution is 2.18. The lowest BCUT2D eigenvalue weighted by Gasteiger charge is -2.28. The molecule has 0 spiro atoms. The van der Waals surface area contributed by atoms with Crippen LogP contribution in [-0.4, -0.2) is 41.2 Å². The number of aliphatic hydroxyl groups excluding tert-OH is 1. The van der Waals surface area contributed by atoms with Gasteiger partial charge in [0.25, 0.3) is 0 Å². The van der Waals surface area contributed by atoms with Crippen LogP contribution in [0.4, 0.5) is 4.39 Å². The first kappa shape index (κ1) is 15.0. The van der Waals surface area contributed by atoms with Crippen molar-refractivity contribution >= 4 is 0 Å². The predicted octanol–water partition coefficient (Wildman–Crippen LogP) is 1.17. The first-order valence-electron chi connectivity index (χ1n) is 6.13. The fourth-order valence-electron chi connectivity index (χ4n) is 1.76. The minimum absolute atomic E-state index is 0.0980. The van der Waals surface area contributed by atoms with Crippen molar-refractivity contribution in [2.75, 3.05) is 20.2 Å². The van der Waals surface area contributed by atoms with Gasteiger partial charge in [0.05, 0.1) is 24.5 Å². The second-order valence-electron chi connectivity index (χ2n) is 4.88. The van der Waals surface area contributed by atoms with Crippen LogP contribution in [0.3, 0.4) is 0 Å². The summed E-state index contributed by atoms with van der Waals surface area (Å²) in [5.41, 5.74) is 6.79. The lowest BCUT2D eigenvalue weighted by molar-refractivity contribution is 0.140. The zero-order valence-electron chi connectivity index (χ0n) is 11.2. The Morgan fingerprint density at radius 3 is 2.61 bits per heavy atom. The lowest BCUT2D eigenvalue weighted by atomic mass is 9.98. The molecule has 3 N–H and O–H groups in total. The van der Waals surface area contributed by atoms with E-state index < -0.39 is 0 Å². The number of aromatic nitrogens is 1. The predicted molar refractivity (Wildman–Crippen MR) is 69.5 cm³/mol. The molecule has 1 heterocycles. The number of pyridine rings is 1. The minimum atomic E-state index is -0.357. The second-order valence-corrected chi connectivity index (χ2v) is 4.88. The lowest BCUT2D eigenvalue weighted by Crippen LogP contribution is -2.38. The molecule has 0 fully saturated rings. The zero-order valence-corrected chi connectivity index (χ0v) is 11.2. The third kappa shape index (κ3) is 4.01. The summed E-state index contributed by atoms with van der Waals surface area (Å²) in [7, 11) is 1.95. The van der Waals surface area contributed by atoms with Crippen LogP contribution in [0, 0.1) is 11.7 Å². The largest absolute Gasteiger partial charge is 0.395 e. The van der Waals surface area contributed by atoms with Crippen LogP contribution in [-0.2, 0) is 0 Å². The fourth-order valence-corrected chi connectivity index (χ4v) is 1.76. The Kier molecular flexibility index (Phi) is 5.65. The molecule has 0 saturated carbocycles. The zero-order chi connectivity index (χ0) is 13.7. The molecule has 3 atom stereocenters. The molecule has 102 valence electrons. The van der Waals surface area contributed by atoms with Crippen LogP contribution < -0.4 is 5.73 Å². The molecule has 18 heavy (non-hydrogen) atoms. The van der Waals surface area contributed by atoms with Crippen LogP contribution in [0.15, 0.2) is 18.3 Å². The maximum Gasteiger partial charge on any atom is 0.141 e. The number of halogens is 1. The van der Waals surface area contributed by atoms with Gasteiger partial charge in [-0.1, -0.05) is 6.92 Å². The number of likely N-dealkylation sites (N-methyl/N-ethyl adjacent to an activating group) is 1. The van der Waals surface area contributed by atoms with Crippen molar-refractivity contribution in [3.8, 4) is 0 Å². The molecular weight excluding hydrogens is 233 g/mol. The summed E-state index contributed by atoms with van der Waals surface area (Å²) < 4.78 is 12.8. The summed E-state index contributed by atoms with van der Waals surface area (Å²) in [6.07, 6.45) is 1.18. The van der Waals surface area contributed by atoms with Gasteiger partial charge >= 0.3 is 0 Å². The summed E-state index contributed by atoms with van der Waals surface area (Å²) in [5, 5.41) is 9.08. The van der Waals surface area contributed by atoms with E-state index in [1.54, 1.807) is 6.07 Å². The van der Waals surface area contributed by atoms with Crippen molar-refractivity contribution in [3.05, 3.63) is 29.8 Å². The molecule has 5 heteroatoms. The number of hydrogen-bond acceptors (Lipinski definition) is 4. The van der Waals surface area contributed by atoms with E-state index in [9.17, 15) is 4.39 Å². The van der Waals surface area contributed by atoms with Crippen molar-refractivity contribution in [1.82, 2.24) is 9.88 Å². The van der Waals surface area contributed by atoms with Crippen molar-refractivity contribution in [2.45, 2.75) is 25.9 Å². The van der Waals surface area contributed by atoms with Crippen LogP contribution in [0.5, 0.6) is 0 Å². The van der Waals surface area contributed by atoms with Crippen LogP contribution in [0.2, 0.25) is 0 Å². The van der Waals surface area contributed by atoms with Gasteiger partial charge in [-0.3, -0.25) is 4.98 Å². The minimum Gasteiger partial charge on any atom is -0.395 e. The number of hydrogen-bond donors (Lipinski definition) is 2. The second kappa shape index (κ2) is 6.78. The quantitative estimate of drug-likeness (QED) is 0.801. The average molecular weight is 255 g/mol. The number of nitrogens with two attached hydrogens (primary N) is 1. The highest BCUT2D eigenvalue weighted by Gasteiger charge is 2.19. The SMILES string of the molecule is CC(CN(C)C(C)CO)C(N)c1ccc(F)cn1. The molecule has 0 bridgehead atoms. The molecule has 0 radical (unpaired) electrons. The highest BCUT2D eigenvalue weighted by molar-refractivity contribution is 5.10. The third-order valence-electron chi connectivity index (χ3n) is 3.30. The maximum atomic E-state index is 12.8. The molecule has 4 nitrogen and oxygen atoms in total. The van der Waals surface area contributed by atoms with E-state index in [0.717, 1.165) is 6.54 Å². The third-order valence-corrected chi connectivity index (χ3v) is 3.30.